The van der Waals surface area contributed by atoms with E-state index in [1.54, 1.807) is 0 Å². The summed E-state index contributed by atoms with van der Waals surface area (Å²) in [5, 5.41) is 8.85. The third-order valence-corrected chi connectivity index (χ3v) is 5.09. The number of hydrogen-bond acceptors (Lipinski definition) is 4. The maximum Gasteiger partial charge on any atom is 1.00 e. The first-order valence-corrected chi connectivity index (χ1v) is 10.1. The number of carboxylic acids is 1. The molecule has 5 nitrogen and oxygen atoms in total. The van der Waals surface area contributed by atoms with Crippen molar-refractivity contribution in [3.63, 3.8) is 0 Å². The number of unbranched alkanes of at least 4 members (excludes halogenated alkanes) is 11. The fourth-order valence-corrected chi connectivity index (χ4v) is 3.27. The Kier molecular flexibility index (Phi) is 18.8. The number of carboxylic acid groups (broad SMARTS) is 1. The van der Waals surface area contributed by atoms with Crippen molar-refractivity contribution in [3.8, 4) is 0 Å². The molecule has 0 aliphatic carbocycles. The Morgan fingerprint density at radius 2 is 1.22 bits per heavy atom. The van der Waals surface area contributed by atoms with Gasteiger partial charge in [-0.1, -0.05) is 84.0 Å². The van der Waals surface area contributed by atoms with Crippen molar-refractivity contribution in [2.45, 2.75) is 95.6 Å². The van der Waals surface area contributed by atoms with Crippen molar-refractivity contribution < 1.29 is 74.3 Å². The number of carbonyl (C=O) groups excluding carboxylic acids is 1. The molecule has 0 aromatic carbocycles. The van der Waals surface area contributed by atoms with Crippen LogP contribution in [0, 0.1) is 0 Å². The molecule has 0 rings (SSSR count). The Balaban J connectivity index is 0. The molecule has 0 aromatic rings. The number of carbonyl (C=O) groups is 1. The molecule has 0 saturated carbocycles. The van der Waals surface area contributed by atoms with Crippen LogP contribution in [-0.2, 0) is 14.9 Å². The summed E-state index contributed by atoms with van der Waals surface area (Å²) in [6, 6.07) is 0. The first-order chi connectivity index (χ1) is 10.4. The molecule has 1 unspecified atom stereocenters. The molecular weight excluding hydrogens is 343 g/mol. The van der Waals surface area contributed by atoms with Crippen molar-refractivity contribution in [2.24, 2.45) is 0 Å². The molecule has 132 valence electrons. The van der Waals surface area contributed by atoms with Crippen molar-refractivity contribution in [1.29, 1.82) is 0 Å². The molecule has 1 atom stereocenters. The second kappa shape index (κ2) is 16.5. The van der Waals surface area contributed by atoms with E-state index in [0.717, 1.165) is 19.3 Å². The van der Waals surface area contributed by atoms with Gasteiger partial charge < -0.3 is 9.90 Å². The molecule has 0 aliphatic rings. The van der Waals surface area contributed by atoms with E-state index in [1.165, 1.54) is 51.4 Å². The van der Waals surface area contributed by atoms with Crippen LogP contribution >= 0.6 is 0 Å². The second-order valence-electron chi connectivity index (χ2n) is 6.00. The minimum atomic E-state index is -4.54. The minimum absolute atomic E-state index is 0. The number of rotatable bonds is 15. The molecule has 0 amide bonds. The summed E-state index contributed by atoms with van der Waals surface area (Å²) >= 11 is 0. The van der Waals surface area contributed by atoms with Crippen LogP contribution in [-0.4, -0.2) is 24.2 Å². The molecule has 0 bridgehead atoms. The van der Waals surface area contributed by atoms with Gasteiger partial charge in [0.15, 0.2) is 0 Å². The molecule has 7 heteroatoms. The van der Waals surface area contributed by atoms with E-state index in [9.17, 15) is 18.3 Å². The molecular formula is C16H31KO5S. The van der Waals surface area contributed by atoms with Gasteiger partial charge in [-0.3, -0.25) is 4.55 Å². The largest absolute Gasteiger partial charge is 1.00 e. The Morgan fingerprint density at radius 1 is 0.870 bits per heavy atom. The van der Waals surface area contributed by atoms with Crippen LogP contribution in [0.15, 0.2) is 0 Å². The van der Waals surface area contributed by atoms with Gasteiger partial charge in [0.25, 0.3) is 10.1 Å². The number of aliphatic carboxylic acids is 1. The fourth-order valence-electron chi connectivity index (χ4n) is 2.56. The quantitative estimate of drug-likeness (QED) is 0.249. The third-order valence-electron chi connectivity index (χ3n) is 3.94. The molecule has 0 radical (unpaired) electrons. The second-order valence-corrected chi connectivity index (χ2v) is 7.60. The van der Waals surface area contributed by atoms with Crippen molar-refractivity contribution in [1.82, 2.24) is 0 Å². The molecule has 0 saturated heterocycles. The zero-order valence-electron chi connectivity index (χ0n) is 14.8. The average molecular weight is 375 g/mol. The van der Waals surface area contributed by atoms with Crippen LogP contribution in [0.5, 0.6) is 0 Å². The molecule has 0 aliphatic heterocycles. The molecule has 23 heavy (non-hydrogen) atoms. The topological polar surface area (TPSA) is 94.5 Å². The first-order valence-electron chi connectivity index (χ1n) is 8.56. The molecule has 0 aromatic heterocycles. The summed E-state index contributed by atoms with van der Waals surface area (Å²) in [6.45, 7) is 2.21. The third kappa shape index (κ3) is 16.2. The van der Waals surface area contributed by atoms with Gasteiger partial charge in [0.05, 0.1) is 5.97 Å². The summed E-state index contributed by atoms with van der Waals surface area (Å²) in [5.41, 5.74) is 0. The zero-order chi connectivity index (χ0) is 16.8. The number of hydrogen-bond donors (Lipinski definition) is 1. The first kappa shape index (κ1) is 26.2. The maximum atomic E-state index is 10.8. The summed E-state index contributed by atoms with van der Waals surface area (Å²) in [6.07, 6.45) is 13.5. The van der Waals surface area contributed by atoms with Gasteiger partial charge in [-0.2, -0.15) is 8.42 Å². The predicted octanol–water partition coefficient (Wildman–Crippen LogP) is 0.0879. The maximum absolute atomic E-state index is 10.8. The Bertz CT molecular complexity index is 384. The average Bonchev–Trinajstić information content (AvgIpc) is 2.42. The normalized spacial score (nSPS) is 12.6. The molecule has 0 fully saturated rings. The monoisotopic (exact) mass is 374 g/mol. The van der Waals surface area contributed by atoms with Gasteiger partial charge in [0.2, 0.25) is 0 Å². The van der Waals surface area contributed by atoms with Crippen molar-refractivity contribution >= 4 is 16.1 Å². The van der Waals surface area contributed by atoms with Gasteiger partial charge in [-0.15, -0.1) is 0 Å². The van der Waals surface area contributed by atoms with Gasteiger partial charge in [0, 0.05) is 0 Å². The summed E-state index contributed by atoms with van der Waals surface area (Å²) in [5.74, 6) is -1.72. The van der Waals surface area contributed by atoms with E-state index in [1.807, 2.05) is 0 Å². The van der Waals surface area contributed by atoms with Crippen LogP contribution in [0.25, 0.3) is 0 Å². The minimum Gasteiger partial charge on any atom is -0.549 e. The fraction of sp³-hybridized carbons (Fsp3) is 0.938. The summed E-state index contributed by atoms with van der Waals surface area (Å²) < 4.78 is 30.5. The SMILES string of the molecule is CCCCCCCCCCCCCCC(C(=O)[O-])S(=O)(=O)O.[K+]. The summed E-state index contributed by atoms with van der Waals surface area (Å²) in [4.78, 5) is 10.6. The van der Waals surface area contributed by atoms with Gasteiger partial charge in [-0.25, -0.2) is 0 Å². The van der Waals surface area contributed by atoms with Gasteiger partial charge in [0.1, 0.15) is 5.25 Å². The van der Waals surface area contributed by atoms with Crippen LogP contribution < -0.4 is 56.5 Å². The van der Waals surface area contributed by atoms with Crippen LogP contribution in [0.4, 0.5) is 0 Å². The molecule has 0 heterocycles. The van der Waals surface area contributed by atoms with Gasteiger partial charge in [-0.05, 0) is 6.42 Å². The van der Waals surface area contributed by atoms with E-state index in [4.69, 9.17) is 4.55 Å². The molecule has 1 N–H and O–H groups in total. The van der Waals surface area contributed by atoms with E-state index in [-0.39, 0.29) is 57.8 Å². The summed E-state index contributed by atoms with van der Waals surface area (Å²) in [7, 11) is -4.54. The zero-order valence-corrected chi connectivity index (χ0v) is 18.7. The van der Waals surface area contributed by atoms with Crippen molar-refractivity contribution in [3.05, 3.63) is 0 Å². The van der Waals surface area contributed by atoms with E-state index in [2.05, 4.69) is 6.92 Å². The van der Waals surface area contributed by atoms with Crippen molar-refractivity contribution in [2.75, 3.05) is 0 Å². The van der Waals surface area contributed by atoms with Crippen LogP contribution in [0.3, 0.4) is 0 Å². The van der Waals surface area contributed by atoms with E-state index >= 15 is 0 Å². The standard InChI is InChI=1S/C16H32O5S.K/c1-2-3-4-5-6-7-8-9-10-11-12-13-14-15(16(17)18)22(19,20)21;/h15H,2-14H2,1H3,(H,17,18)(H,19,20,21);/q;+1/p-1. The van der Waals surface area contributed by atoms with Gasteiger partial charge >= 0.3 is 51.4 Å². The Labute approximate surface area is 184 Å². The van der Waals surface area contributed by atoms with E-state index in [0.29, 0.717) is 6.42 Å². The smallest absolute Gasteiger partial charge is 0.549 e. The van der Waals surface area contributed by atoms with Crippen LogP contribution in [0.2, 0.25) is 0 Å². The molecule has 0 spiro atoms. The predicted molar refractivity (Wildman–Crippen MR) is 86.0 cm³/mol. The Hall–Kier alpha value is 1.02. The Morgan fingerprint density at radius 3 is 1.52 bits per heavy atom. The van der Waals surface area contributed by atoms with Crippen LogP contribution in [0.1, 0.15) is 90.4 Å². The van der Waals surface area contributed by atoms with E-state index < -0.39 is 21.3 Å².